The molecule has 1 aliphatic rings. The molecule has 0 saturated carbocycles. The van der Waals surface area contributed by atoms with Crippen molar-refractivity contribution in [2.24, 2.45) is 0 Å². The van der Waals surface area contributed by atoms with Crippen molar-refractivity contribution >= 4 is 23.2 Å². The number of aryl methyl sites for hydroxylation is 1. The van der Waals surface area contributed by atoms with Crippen LogP contribution < -0.4 is 0 Å². The topological polar surface area (TPSA) is 66.8 Å². The number of carbonyl (C=O) groups excluding carboxylic acids is 2. The number of thiophene rings is 1. The maximum absolute atomic E-state index is 14.0. The molecule has 0 bridgehead atoms. The number of carbonyl (C=O) groups is 2. The lowest BCUT2D eigenvalue weighted by molar-refractivity contribution is -0.148. The number of nitrogens with zero attached hydrogens (tertiary/aromatic N) is 1. The van der Waals surface area contributed by atoms with Crippen molar-refractivity contribution in [3.05, 3.63) is 34.0 Å². The number of alkyl halides is 2. The van der Waals surface area contributed by atoms with Gasteiger partial charge in [0.25, 0.3) is 5.91 Å². The van der Waals surface area contributed by atoms with Gasteiger partial charge < -0.3 is 14.7 Å². The minimum atomic E-state index is -3.37. The second kappa shape index (κ2) is 10.8. The Bertz CT molecular complexity index is 719. The number of amides is 1. The molecule has 0 aliphatic carbocycles. The fourth-order valence-electron chi connectivity index (χ4n) is 3.36. The molecule has 0 spiro atoms. The molecule has 0 radical (unpaired) electrons. The molecule has 1 fully saturated rings. The molecule has 2 rings (SSSR count). The monoisotopic (exact) mass is 429 g/mol. The molecule has 8 heteroatoms. The number of ether oxygens (including phenoxy) is 1. The van der Waals surface area contributed by atoms with E-state index in [0.717, 1.165) is 24.1 Å². The first kappa shape index (κ1) is 23.5. The van der Waals surface area contributed by atoms with Gasteiger partial charge in [-0.1, -0.05) is 38.3 Å². The van der Waals surface area contributed by atoms with E-state index in [2.05, 4.69) is 11.7 Å². The Hall–Kier alpha value is -1.80. The molecular formula is C21H29F2NO4S. The molecule has 162 valence electrons. The molecule has 1 amide bonds. The van der Waals surface area contributed by atoms with Gasteiger partial charge in [0.05, 0.1) is 19.3 Å². The van der Waals surface area contributed by atoms with Crippen LogP contribution in [0.1, 0.15) is 60.0 Å². The van der Waals surface area contributed by atoms with Crippen LogP contribution in [0.4, 0.5) is 8.78 Å². The molecule has 5 nitrogen and oxygen atoms in total. The molecule has 0 aromatic carbocycles. The summed E-state index contributed by atoms with van der Waals surface area (Å²) in [5, 5.41) is 10.00. The quantitative estimate of drug-likeness (QED) is 0.325. The van der Waals surface area contributed by atoms with Crippen molar-refractivity contribution < 1.29 is 28.2 Å². The second-order valence-corrected chi connectivity index (χ2v) is 8.45. The number of aliphatic hydroxyl groups is 1. The van der Waals surface area contributed by atoms with Crippen LogP contribution >= 0.6 is 11.3 Å². The third kappa shape index (κ3) is 6.60. The molecular weight excluding hydrogens is 400 g/mol. The maximum atomic E-state index is 14.0. The summed E-state index contributed by atoms with van der Waals surface area (Å²) in [4.78, 5) is 26.2. The number of halogens is 2. The summed E-state index contributed by atoms with van der Waals surface area (Å²) >= 11 is 1.30. The van der Waals surface area contributed by atoms with Crippen LogP contribution in [0.5, 0.6) is 0 Å². The van der Waals surface area contributed by atoms with E-state index in [1.807, 2.05) is 0 Å². The molecule has 2 atom stereocenters. The maximum Gasteiger partial charge on any atom is 0.348 e. The number of aliphatic hydroxyl groups excluding tert-OH is 1. The van der Waals surface area contributed by atoms with Crippen molar-refractivity contribution in [2.75, 3.05) is 13.7 Å². The Morgan fingerprint density at radius 1 is 1.41 bits per heavy atom. The number of hydrogen-bond donors (Lipinski definition) is 1. The van der Waals surface area contributed by atoms with E-state index in [1.165, 1.54) is 35.5 Å². The summed E-state index contributed by atoms with van der Waals surface area (Å²) in [6.07, 6.45) is 6.42. The smallest absolute Gasteiger partial charge is 0.348 e. The molecule has 1 aromatic heterocycles. The van der Waals surface area contributed by atoms with Crippen molar-refractivity contribution in [2.45, 2.75) is 69.9 Å². The van der Waals surface area contributed by atoms with Gasteiger partial charge in [0.2, 0.25) is 0 Å². The van der Waals surface area contributed by atoms with Gasteiger partial charge in [0, 0.05) is 17.8 Å². The van der Waals surface area contributed by atoms with E-state index in [0.29, 0.717) is 24.1 Å². The number of esters is 1. The first-order chi connectivity index (χ1) is 13.8. The molecule has 1 aliphatic heterocycles. The second-order valence-electron chi connectivity index (χ2n) is 7.28. The van der Waals surface area contributed by atoms with Crippen LogP contribution in [0, 0.1) is 0 Å². The Morgan fingerprint density at radius 2 is 2.17 bits per heavy atom. The average Bonchev–Trinajstić information content (AvgIpc) is 3.24. The van der Waals surface area contributed by atoms with Crippen molar-refractivity contribution in [3.8, 4) is 0 Å². The highest BCUT2D eigenvalue weighted by molar-refractivity contribution is 7.13. The van der Waals surface area contributed by atoms with Gasteiger partial charge >= 0.3 is 11.9 Å². The minimum Gasteiger partial charge on any atom is -0.465 e. The van der Waals surface area contributed by atoms with E-state index in [4.69, 9.17) is 0 Å². The van der Waals surface area contributed by atoms with E-state index in [-0.39, 0.29) is 6.54 Å². The standard InChI is InChI=1S/C21H29F2NO4S/c1-3-4-5-7-16(25)10-9-15-14-21(22,23)20(27)24(15)13-6-8-17-11-12-18(29-17)19(26)28-2/h9-12,15-16,25H,3-8,13-14H2,1-2H3/b10-9+/t15-,16-/m0/s1. The van der Waals surface area contributed by atoms with Gasteiger partial charge in [0.1, 0.15) is 4.88 Å². The Balaban J connectivity index is 1.92. The molecule has 1 N–H and O–H groups in total. The van der Waals surface area contributed by atoms with E-state index < -0.39 is 36.4 Å². The fourth-order valence-corrected chi connectivity index (χ4v) is 4.33. The van der Waals surface area contributed by atoms with E-state index in [9.17, 15) is 23.5 Å². The van der Waals surface area contributed by atoms with Gasteiger partial charge in [-0.25, -0.2) is 4.79 Å². The van der Waals surface area contributed by atoms with Crippen molar-refractivity contribution in [1.82, 2.24) is 4.90 Å². The summed E-state index contributed by atoms with van der Waals surface area (Å²) < 4.78 is 32.6. The van der Waals surface area contributed by atoms with Crippen molar-refractivity contribution in [1.29, 1.82) is 0 Å². The number of methoxy groups -OCH3 is 1. The summed E-state index contributed by atoms with van der Waals surface area (Å²) in [7, 11) is 1.31. The Labute approximate surface area is 174 Å². The lowest BCUT2D eigenvalue weighted by Gasteiger charge is -2.21. The van der Waals surface area contributed by atoms with Crippen molar-refractivity contribution in [3.63, 3.8) is 0 Å². The summed E-state index contributed by atoms with van der Waals surface area (Å²) in [6.45, 7) is 2.26. The zero-order valence-corrected chi connectivity index (χ0v) is 17.7. The Morgan fingerprint density at radius 3 is 2.86 bits per heavy atom. The average molecular weight is 430 g/mol. The third-order valence-electron chi connectivity index (χ3n) is 4.97. The normalized spacial score (nSPS) is 19.8. The molecule has 0 unspecified atom stereocenters. The zero-order valence-electron chi connectivity index (χ0n) is 16.9. The lowest BCUT2D eigenvalue weighted by atomic mass is 10.1. The van der Waals surface area contributed by atoms with Crippen LogP contribution in [-0.4, -0.2) is 53.6 Å². The first-order valence-electron chi connectivity index (χ1n) is 10.0. The third-order valence-corrected chi connectivity index (χ3v) is 6.09. The highest BCUT2D eigenvalue weighted by Gasteiger charge is 2.52. The summed E-state index contributed by atoms with van der Waals surface area (Å²) in [5.41, 5.74) is 0. The number of likely N-dealkylation sites (tertiary alicyclic amines) is 1. The largest absolute Gasteiger partial charge is 0.465 e. The Kier molecular flexibility index (Phi) is 8.77. The van der Waals surface area contributed by atoms with Gasteiger partial charge in [0.15, 0.2) is 0 Å². The van der Waals surface area contributed by atoms with Gasteiger partial charge in [-0.05, 0) is 31.4 Å². The van der Waals surface area contributed by atoms with Crippen LogP contribution in [-0.2, 0) is 16.0 Å². The predicted octanol–water partition coefficient (Wildman–Crippen LogP) is 4.20. The number of unbranched alkanes of at least 4 members (excludes halogenated alkanes) is 2. The highest BCUT2D eigenvalue weighted by Crippen LogP contribution is 2.34. The van der Waals surface area contributed by atoms with Crippen LogP contribution in [0.3, 0.4) is 0 Å². The molecule has 1 saturated heterocycles. The summed E-state index contributed by atoms with van der Waals surface area (Å²) in [5.74, 6) is -4.93. The van der Waals surface area contributed by atoms with E-state index >= 15 is 0 Å². The van der Waals surface area contributed by atoms with Crippen LogP contribution in [0.25, 0.3) is 0 Å². The molecule has 2 heterocycles. The zero-order chi connectivity index (χ0) is 21.4. The lowest BCUT2D eigenvalue weighted by Crippen LogP contribution is -2.36. The highest BCUT2D eigenvalue weighted by atomic mass is 32.1. The molecule has 1 aromatic rings. The first-order valence-corrected chi connectivity index (χ1v) is 10.8. The number of hydrogen-bond acceptors (Lipinski definition) is 5. The fraction of sp³-hybridized carbons (Fsp3) is 0.619. The van der Waals surface area contributed by atoms with Gasteiger partial charge in [-0.15, -0.1) is 11.3 Å². The van der Waals surface area contributed by atoms with Crippen LogP contribution in [0.15, 0.2) is 24.3 Å². The molecule has 29 heavy (non-hydrogen) atoms. The van der Waals surface area contributed by atoms with E-state index in [1.54, 1.807) is 12.1 Å². The summed E-state index contributed by atoms with van der Waals surface area (Å²) in [6, 6.07) is 2.76. The SMILES string of the molecule is CCCCC[C@H](O)/C=C/[C@H]1CC(F)(F)C(=O)N1CCCc1ccc(C(=O)OC)s1. The number of rotatable bonds is 11. The van der Waals surface area contributed by atoms with Crippen LogP contribution in [0.2, 0.25) is 0 Å². The predicted molar refractivity (Wildman–Crippen MR) is 108 cm³/mol. The van der Waals surface area contributed by atoms with Gasteiger partial charge in [-0.3, -0.25) is 4.79 Å². The minimum absolute atomic E-state index is 0.195. The van der Waals surface area contributed by atoms with Gasteiger partial charge in [-0.2, -0.15) is 8.78 Å².